The lowest BCUT2D eigenvalue weighted by Gasteiger charge is -2.08. The molecule has 1 heterocycles. The van der Waals surface area contributed by atoms with Crippen molar-refractivity contribution in [2.45, 2.75) is 13.3 Å². The topological polar surface area (TPSA) is 63.8 Å². The Hall–Kier alpha value is -1.88. The predicted octanol–water partition coefficient (Wildman–Crippen LogP) is 3.16. The zero-order chi connectivity index (χ0) is 13.1. The Labute approximate surface area is 109 Å². The molecular formula is C12H12ClFN4. The fourth-order valence-electron chi connectivity index (χ4n) is 1.46. The van der Waals surface area contributed by atoms with Gasteiger partial charge in [-0.25, -0.2) is 14.4 Å². The van der Waals surface area contributed by atoms with Crippen molar-refractivity contribution >= 4 is 28.9 Å². The van der Waals surface area contributed by atoms with Crippen molar-refractivity contribution in [3.05, 3.63) is 40.9 Å². The van der Waals surface area contributed by atoms with Crippen LogP contribution in [0, 0.1) is 5.82 Å². The van der Waals surface area contributed by atoms with E-state index in [0.29, 0.717) is 29.6 Å². The van der Waals surface area contributed by atoms with Gasteiger partial charge in [-0.15, -0.1) is 0 Å². The number of benzene rings is 1. The van der Waals surface area contributed by atoms with Crippen LogP contribution in [0.25, 0.3) is 0 Å². The van der Waals surface area contributed by atoms with Crippen LogP contribution in [0.4, 0.5) is 21.7 Å². The molecule has 0 saturated carbocycles. The second-order valence-corrected chi connectivity index (χ2v) is 4.11. The number of nitrogen functional groups attached to an aromatic ring is 1. The number of aromatic nitrogens is 2. The highest BCUT2D eigenvalue weighted by molar-refractivity contribution is 6.30. The zero-order valence-corrected chi connectivity index (χ0v) is 10.5. The minimum Gasteiger partial charge on any atom is -0.384 e. The van der Waals surface area contributed by atoms with Crippen LogP contribution in [0.1, 0.15) is 12.7 Å². The predicted molar refractivity (Wildman–Crippen MR) is 70.5 cm³/mol. The van der Waals surface area contributed by atoms with E-state index < -0.39 is 5.82 Å². The Bertz CT molecular complexity index is 574. The summed E-state index contributed by atoms with van der Waals surface area (Å²) in [6, 6.07) is 6.03. The Kier molecular flexibility index (Phi) is 3.62. The maximum Gasteiger partial charge on any atom is 0.143 e. The Morgan fingerprint density at radius 1 is 1.33 bits per heavy atom. The van der Waals surface area contributed by atoms with E-state index in [-0.39, 0.29) is 5.02 Å². The minimum atomic E-state index is -0.487. The quantitative estimate of drug-likeness (QED) is 0.896. The molecule has 0 saturated heterocycles. The number of nitrogens with two attached hydrogens (primary N) is 1. The van der Waals surface area contributed by atoms with Crippen LogP contribution in [0.15, 0.2) is 24.3 Å². The summed E-state index contributed by atoms with van der Waals surface area (Å²) in [6.45, 7) is 1.93. The molecule has 18 heavy (non-hydrogen) atoms. The molecule has 0 aliphatic rings. The van der Waals surface area contributed by atoms with Gasteiger partial charge in [-0.2, -0.15) is 0 Å². The molecule has 0 amide bonds. The van der Waals surface area contributed by atoms with Crippen LogP contribution < -0.4 is 11.1 Å². The van der Waals surface area contributed by atoms with Crippen LogP contribution >= 0.6 is 11.6 Å². The van der Waals surface area contributed by atoms with Crippen LogP contribution in [0.3, 0.4) is 0 Å². The van der Waals surface area contributed by atoms with Gasteiger partial charge in [0.05, 0.1) is 5.02 Å². The summed E-state index contributed by atoms with van der Waals surface area (Å²) < 4.78 is 13.3. The average molecular weight is 267 g/mol. The molecule has 0 atom stereocenters. The standard InChI is InChI=1S/C12H12ClFN4/c1-2-11-17-10(15)6-12(18-11)16-7-3-4-8(13)9(14)5-7/h3-6H,2H2,1H3,(H3,15,16,17,18). The molecule has 1 aromatic heterocycles. The fourth-order valence-corrected chi connectivity index (χ4v) is 1.58. The van der Waals surface area contributed by atoms with Gasteiger partial charge in [0, 0.05) is 18.2 Å². The molecule has 0 fully saturated rings. The summed E-state index contributed by atoms with van der Waals surface area (Å²) in [5.41, 5.74) is 6.21. The third kappa shape index (κ3) is 2.87. The normalized spacial score (nSPS) is 10.4. The maximum atomic E-state index is 13.3. The highest BCUT2D eigenvalue weighted by atomic mass is 35.5. The van der Waals surface area contributed by atoms with Crippen molar-refractivity contribution < 1.29 is 4.39 Å². The van der Waals surface area contributed by atoms with Crippen molar-refractivity contribution in [3.63, 3.8) is 0 Å². The second kappa shape index (κ2) is 5.18. The van der Waals surface area contributed by atoms with Gasteiger partial charge in [0.2, 0.25) is 0 Å². The Balaban J connectivity index is 2.27. The van der Waals surface area contributed by atoms with Crippen molar-refractivity contribution in [1.29, 1.82) is 0 Å². The smallest absolute Gasteiger partial charge is 0.143 e. The summed E-state index contributed by atoms with van der Waals surface area (Å²) in [5, 5.41) is 3.04. The number of halogens is 2. The van der Waals surface area contributed by atoms with Crippen LogP contribution in [0.5, 0.6) is 0 Å². The van der Waals surface area contributed by atoms with E-state index in [9.17, 15) is 4.39 Å². The Morgan fingerprint density at radius 2 is 2.11 bits per heavy atom. The minimum absolute atomic E-state index is 0.0806. The number of hydrogen-bond acceptors (Lipinski definition) is 4. The first-order valence-corrected chi connectivity index (χ1v) is 5.82. The molecule has 0 aliphatic heterocycles. The van der Waals surface area contributed by atoms with Gasteiger partial charge < -0.3 is 11.1 Å². The summed E-state index contributed by atoms with van der Waals surface area (Å²) >= 11 is 5.61. The van der Waals surface area contributed by atoms with Crippen molar-refractivity contribution in [2.24, 2.45) is 0 Å². The van der Waals surface area contributed by atoms with E-state index in [1.54, 1.807) is 12.1 Å². The van der Waals surface area contributed by atoms with Crippen molar-refractivity contribution in [1.82, 2.24) is 9.97 Å². The van der Waals surface area contributed by atoms with E-state index in [1.165, 1.54) is 12.1 Å². The summed E-state index contributed by atoms with van der Waals surface area (Å²) in [5.74, 6) is 1.05. The third-order valence-corrected chi connectivity index (χ3v) is 2.61. The van der Waals surface area contributed by atoms with Crippen molar-refractivity contribution in [3.8, 4) is 0 Å². The maximum absolute atomic E-state index is 13.3. The summed E-state index contributed by atoms with van der Waals surface area (Å²) in [6.07, 6.45) is 0.675. The van der Waals surface area contributed by atoms with Gasteiger partial charge in [0.25, 0.3) is 0 Å². The second-order valence-electron chi connectivity index (χ2n) is 3.70. The molecule has 2 rings (SSSR count). The lowest BCUT2D eigenvalue weighted by molar-refractivity contribution is 0.629. The molecule has 1 aromatic carbocycles. The van der Waals surface area contributed by atoms with Gasteiger partial charge in [-0.1, -0.05) is 18.5 Å². The van der Waals surface area contributed by atoms with Crippen molar-refractivity contribution in [2.75, 3.05) is 11.1 Å². The molecule has 94 valence electrons. The highest BCUT2D eigenvalue weighted by Crippen LogP contribution is 2.21. The first kappa shape index (κ1) is 12.6. The molecule has 3 N–H and O–H groups in total. The molecule has 4 nitrogen and oxygen atoms in total. The Morgan fingerprint density at radius 3 is 2.78 bits per heavy atom. The van der Waals surface area contributed by atoms with Crippen LogP contribution in [0.2, 0.25) is 5.02 Å². The first-order chi connectivity index (χ1) is 8.58. The van der Waals surface area contributed by atoms with E-state index in [2.05, 4.69) is 15.3 Å². The van der Waals surface area contributed by atoms with E-state index in [0.717, 1.165) is 0 Å². The van der Waals surface area contributed by atoms with Gasteiger partial charge in [-0.05, 0) is 18.2 Å². The fraction of sp³-hybridized carbons (Fsp3) is 0.167. The molecule has 6 heteroatoms. The highest BCUT2D eigenvalue weighted by Gasteiger charge is 2.04. The SMILES string of the molecule is CCc1nc(N)cc(Nc2ccc(Cl)c(F)c2)n1. The van der Waals surface area contributed by atoms with Gasteiger partial charge in [0.15, 0.2) is 0 Å². The zero-order valence-electron chi connectivity index (χ0n) is 9.74. The monoisotopic (exact) mass is 266 g/mol. The number of aryl methyl sites for hydroxylation is 1. The number of nitrogens with zero attached hydrogens (tertiary/aromatic N) is 2. The average Bonchev–Trinajstić information content (AvgIpc) is 2.33. The molecular weight excluding hydrogens is 255 g/mol. The molecule has 0 radical (unpaired) electrons. The molecule has 0 unspecified atom stereocenters. The number of hydrogen-bond donors (Lipinski definition) is 2. The summed E-state index contributed by atoms with van der Waals surface area (Å²) in [7, 11) is 0. The number of rotatable bonds is 3. The third-order valence-electron chi connectivity index (χ3n) is 2.30. The lowest BCUT2D eigenvalue weighted by Crippen LogP contribution is -2.02. The van der Waals surface area contributed by atoms with Gasteiger partial charge >= 0.3 is 0 Å². The molecule has 0 spiro atoms. The molecule has 2 aromatic rings. The largest absolute Gasteiger partial charge is 0.384 e. The number of anilines is 3. The van der Waals surface area contributed by atoms with Crippen LogP contribution in [-0.2, 0) is 6.42 Å². The van der Waals surface area contributed by atoms with E-state index >= 15 is 0 Å². The van der Waals surface area contributed by atoms with E-state index in [4.69, 9.17) is 17.3 Å². The molecule has 0 bridgehead atoms. The van der Waals surface area contributed by atoms with Crippen LogP contribution in [-0.4, -0.2) is 9.97 Å². The lowest BCUT2D eigenvalue weighted by atomic mass is 10.3. The van der Waals surface area contributed by atoms with Gasteiger partial charge in [0.1, 0.15) is 23.3 Å². The summed E-state index contributed by atoms with van der Waals surface area (Å²) in [4.78, 5) is 8.30. The van der Waals surface area contributed by atoms with E-state index in [1.807, 2.05) is 6.92 Å². The first-order valence-electron chi connectivity index (χ1n) is 5.44. The number of nitrogens with one attached hydrogen (secondary N) is 1. The van der Waals surface area contributed by atoms with Gasteiger partial charge in [-0.3, -0.25) is 0 Å². The molecule has 0 aliphatic carbocycles.